The van der Waals surface area contributed by atoms with Crippen LogP contribution in [0.4, 0.5) is 14.5 Å². The van der Waals surface area contributed by atoms with Crippen LogP contribution in [-0.4, -0.2) is 12.5 Å². The molecule has 0 unspecified atom stereocenters. The lowest BCUT2D eigenvalue weighted by Gasteiger charge is -2.14. The zero-order valence-corrected chi connectivity index (χ0v) is 13.7. The number of ether oxygens (including phenoxy) is 1. The zero-order valence-electron chi connectivity index (χ0n) is 11.4. The van der Waals surface area contributed by atoms with Gasteiger partial charge in [0.1, 0.15) is 0 Å². The lowest BCUT2D eigenvalue weighted by atomic mass is 10.1. The van der Waals surface area contributed by atoms with Gasteiger partial charge < -0.3 is 10.1 Å². The highest BCUT2D eigenvalue weighted by molar-refractivity contribution is 9.10. The van der Waals surface area contributed by atoms with Crippen molar-refractivity contribution in [3.05, 3.63) is 57.0 Å². The minimum absolute atomic E-state index is 0.0604. The highest BCUT2D eigenvalue weighted by Crippen LogP contribution is 2.37. The van der Waals surface area contributed by atoms with Crippen molar-refractivity contribution in [2.24, 2.45) is 0 Å². The Morgan fingerprint density at radius 3 is 2.50 bits per heavy atom. The van der Waals surface area contributed by atoms with Crippen LogP contribution in [0, 0.1) is 6.92 Å². The Hall–Kier alpha value is -1.66. The second kappa shape index (κ2) is 7.07. The Morgan fingerprint density at radius 1 is 1.27 bits per heavy atom. The van der Waals surface area contributed by atoms with Crippen LogP contribution in [-0.2, 0) is 0 Å². The van der Waals surface area contributed by atoms with E-state index in [1.807, 2.05) is 6.92 Å². The molecule has 0 aromatic heterocycles. The van der Waals surface area contributed by atoms with Crippen LogP contribution < -0.4 is 10.1 Å². The van der Waals surface area contributed by atoms with Crippen LogP contribution in [0.5, 0.6) is 5.75 Å². The maximum absolute atomic E-state index is 12.5. The second-order valence-corrected chi connectivity index (χ2v) is 5.75. The summed E-state index contributed by atoms with van der Waals surface area (Å²) in [6.45, 7) is -1.13. The first-order valence-corrected chi connectivity index (χ1v) is 7.36. The van der Waals surface area contributed by atoms with E-state index in [-0.39, 0.29) is 20.9 Å². The average molecular weight is 391 g/mol. The molecular weight excluding hydrogens is 380 g/mol. The van der Waals surface area contributed by atoms with E-state index in [2.05, 4.69) is 26.0 Å². The van der Waals surface area contributed by atoms with E-state index in [0.717, 1.165) is 5.56 Å². The quantitative estimate of drug-likeness (QED) is 0.773. The van der Waals surface area contributed by atoms with E-state index >= 15 is 0 Å². The van der Waals surface area contributed by atoms with E-state index in [4.69, 9.17) is 11.6 Å². The minimum Gasteiger partial charge on any atom is -0.431 e. The average Bonchev–Trinajstić information content (AvgIpc) is 2.43. The third kappa shape index (κ3) is 4.18. The minimum atomic E-state index is -3.02. The summed E-state index contributed by atoms with van der Waals surface area (Å²) in [4.78, 5) is 12.2. The van der Waals surface area contributed by atoms with Gasteiger partial charge in [0, 0.05) is 10.6 Å². The summed E-state index contributed by atoms with van der Waals surface area (Å²) in [5, 5.41) is 2.79. The molecule has 2 rings (SSSR count). The standard InChI is InChI=1S/C15H11BrClF2NO2/c1-8-2-4-9(5-3-8)14(21)20-12-7-10(17)6-11(16)13(12)22-15(18)19/h2-7,15H,1H3,(H,20,21). The fourth-order valence-corrected chi connectivity index (χ4v) is 2.67. The Labute approximate surface area is 139 Å². The van der Waals surface area contributed by atoms with Crippen molar-refractivity contribution in [3.8, 4) is 5.75 Å². The molecule has 1 N–H and O–H groups in total. The number of amides is 1. The zero-order chi connectivity index (χ0) is 16.3. The van der Waals surface area contributed by atoms with Gasteiger partial charge in [-0.2, -0.15) is 8.78 Å². The van der Waals surface area contributed by atoms with Crippen molar-refractivity contribution in [2.45, 2.75) is 13.5 Å². The third-order valence-electron chi connectivity index (χ3n) is 2.78. The first-order chi connectivity index (χ1) is 10.4. The summed E-state index contributed by atoms with van der Waals surface area (Å²) in [5.41, 5.74) is 1.46. The molecule has 7 heteroatoms. The molecule has 1 amide bonds. The van der Waals surface area contributed by atoms with Crippen LogP contribution in [0.15, 0.2) is 40.9 Å². The molecule has 0 saturated carbocycles. The smallest absolute Gasteiger partial charge is 0.387 e. The van der Waals surface area contributed by atoms with Gasteiger partial charge in [0.15, 0.2) is 5.75 Å². The fraction of sp³-hybridized carbons (Fsp3) is 0.133. The predicted octanol–water partition coefficient (Wildman–Crippen LogP) is 5.26. The lowest BCUT2D eigenvalue weighted by molar-refractivity contribution is -0.0498. The number of hydrogen-bond donors (Lipinski definition) is 1. The van der Waals surface area contributed by atoms with Crippen molar-refractivity contribution in [3.63, 3.8) is 0 Å². The number of rotatable bonds is 4. The monoisotopic (exact) mass is 389 g/mol. The van der Waals surface area contributed by atoms with Crippen LogP contribution in [0.1, 0.15) is 15.9 Å². The first-order valence-electron chi connectivity index (χ1n) is 6.18. The Balaban J connectivity index is 2.31. The van der Waals surface area contributed by atoms with Gasteiger partial charge in [0.2, 0.25) is 0 Å². The van der Waals surface area contributed by atoms with Crippen LogP contribution in [0.3, 0.4) is 0 Å². The van der Waals surface area contributed by atoms with Crippen LogP contribution in [0.2, 0.25) is 5.02 Å². The normalized spacial score (nSPS) is 10.6. The largest absolute Gasteiger partial charge is 0.431 e. The van der Waals surface area contributed by atoms with E-state index in [1.54, 1.807) is 24.3 Å². The number of benzene rings is 2. The number of anilines is 1. The number of aryl methyl sites for hydroxylation is 1. The molecule has 0 aliphatic rings. The molecule has 0 atom stereocenters. The van der Waals surface area contributed by atoms with Gasteiger partial charge in [-0.25, -0.2) is 0 Å². The maximum atomic E-state index is 12.5. The van der Waals surface area contributed by atoms with E-state index in [9.17, 15) is 13.6 Å². The Kier molecular flexibility index (Phi) is 5.37. The SMILES string of the molecule is Cc1ccc(C(=O)Nc2cc(Cl)cc(Br)c2OC(F)F)cc1. The molecule has 0 aliphatic carbocycles. The summed E-state index contributed by atoms with van der Waals surface area (Å²) in [6.07, 6.45) is 0. The lowest BCUT2D eigenvalue weighted by Crippen LogP contribution is -2.14. The van der Waals surface area contributed by atoms with Crippen molar-refractivity contribution < 1.29 is 18.3 Å². The van der Waals surface area contributed by atoms with Gasteiger partial charge in [0.05, 0.1) is 10.2 Å². The van der Waals surface area contributed by atoms with Gasteiger partial charge >= 0.3 is 6.61 Å². The van der Waals surface area contributed by atoms with Crippen molar-refractivity contribution in [1.29, 1.82) is 0 Å². The van der Waals surface area contributed by atoms with E-state index in [1.165, 1.54) is 12.1 Å². The van der Waals surface area contributed by atoms with E-state index in [0.29, 0.717) is 5.56 Å². The second-order valence-electron chi connectivity index (χ2n) is 4.46. The molecule has 2 aromatic rings. The van der Waals surface area contributed by atoms with Crippen LogP contribution in [0.25, 0.3) is 0 Å². The van der Waals surface area contributed by atoms with Crippen molar-refractivity contribution >= 4 is 39.1 Å². The molecular formula is C15H11BrClF2NO2. The summed E-state index contributed by atoms with van der Waals surface area (Å²) in [7, 11) is 0. The number of halogens is 4. The third-order valence-corrected chi connectivity index (χ3v) is 3.58. The Morgan fingerprint density at radius 2 is 1.91 bits per heavy atom. The summed E-state index contributed by atoms with van der Waals surface area (Å²) < 4.78 is 29.6. The van der Waals surface area contributed by atoms with Gasteiger partial charge in [-0.05, 0) is 47.1 Å². The summed E-state index contributed by atoms with van der Waals surface area (Å²) in [6, 6.07) is 9.57. The van der Waals surface area contributed by atoms with Crippen molar-refractivity contribution in [2.75, 3.05) is 5.32 Å². The molecule has 0 heterocycles. The Bertz CT molecular complexity index is 693. The van der Waals surface area contributed by atoms with Crippen molar-refractivity contribution in [1.82, 2.24) is 0 Å². The maximum Gasteiger partial charge on any atom is 0.387 e. The number of alkyl halides is 2. The molecule has 0 fully saturated rings. The molecule has 0 bridgehead atoms. The molecule has 3 nitrogen and oxygen atoms in total. The van der Waals surface area contributed by atoms with Crippen LogP contribution >= 0.6 is 27.5 Å². The number of carbonyl (C=O) groups excluding carboxylic acids is 1. The predicted molar refractivity (Wildman–Crippen MR) is 84.9 cm³/mol. The van der Waals surface area contributed by atoms with E-state index < -0.39 is 12.5 Å². The van der Waals surface area contributed by atoms with Gasteiger partial charge in [-0.1, -0.05) is 29.3 Å². The summed E-state index contributed by atoms with van der Waals surface area (Å²) >= 11 is 8.97. The topological polar surface area (TPSA) is 38.3 Å². The molecule has 116 valence electrons. The van der Waals surface area contributed by atoms with Gasteiger partial charge in [-0.3, -0.25) is 4.79 Å². The highest BCUT2D eigenvalue weighted by atomic mass is 79.9. The molecule has 0 spiro atoms. The molecule has 22 heavy (non-hydrogen) atoms. The summed E-state index contributed by atoms with van der Waals surface area (Å²) in [5.74, 6) is -0.631. The highest BCUT2D eigenvalue weighted by Gasteiger charge is 2.17. The number of carbonyl (C=O) groups is 1. The van der Waals surface area contributed by atoms with Gasteiger partial charge in [-0.15, -0.1) is 0 Å². The number of nitrogens with one attached hydrogen (secondary N) is 1. The van der Waals surface area contributed by atoms with Gasteiger partial charge in [0.25, 0.3) is 5.91 Å². The fourth-order valence-electron chi connectivity index (χ4n) is 1.76. The number of hydrogen-bond acceptors (Lipinski definition) is 2. The molecule has 0 aliphatic heterocycles. The molecule has 2 aromatic carbocycles. The molecule has 0 radical (unpaired) electrons. The molecule has 0 saturated heterocycles. The first kappa shape index (κ1) is 16.7.